The normalized spacial score (nSPS) is 13.2. The number of hydrogen-bond acceptors (Lipinski definition) is 5. The highest BCUT2D eigenvalue weighted by molar-refractivity contribution is 7.92. The van der Waals surface area contributed by atoms with E-state index < -0.39 is 22.6 Å². The molecule has 0 aliphatic carbocycles. The van der Waals surface area contributed by atoms with Crippen molar-refractivity contribution in [1.82, 2.24) is 4.90 Å². The van der Waals surface area contributed by atoms with Crippen LogP contribution in [0.5, 0.6) is 0 Å². The van der Waals surface area contributed by atoms with Gasteiger partial charge in [-0.05, 0) is 53.9 Å². The lowest BCUT2D eigenvalue weighted by atomic mass is 10.00. The van der Waals surface area contributed by atoms with Gasteiger partial charge in [0, 0.05) is 18.1 Å². The van der Waals surface area contributed by atoms with Crippen LogP contribution in [-0.4, -0.2) is 38.3 Å². The van der Waals surface area contributed by atoms with E-state index in [2.05, 4.69) is 4.72 Å². The maximum Gasteiger partial charge on any atom is 0.340 e. The van der Waals surface area contributed by atoms with Crippen LogP contribution >= 0.6 is 11.6 Å². The molecule has 0 saturated heterocycles. The van der Waals surface area contributed by atoms with Gasteiger partial charge in [-0.1, -0.05) is 48.0 Å². The highest BCUT2D eigenvalue weighted by atomic mass is 35.5. The van der Waals surface area contributed by atoms with Gasteiger partial charge in [-0.25, -0.2) is 13.2 Å². The lowest BCUT2D eigenvalue weighted by Crippen LogP contribution is -2.38. The number of anilines is 1. The van der Waals surface area contributed by atoms with Crippen LogP contribution in [0.2, 0.25) is 5.02 Å². The second kappa shape index (κ2) is 9.64. The molecule has 0 fully saturated rings. The quantitative estimate of drug-likeness (QED) is 0.536. The van der Waals surface area contributed by atoms with Crippen molar-refractivity contribution in [1.29, 1.82) is 0 Å². The van der Waals surface area contributed by atoms with Gasteiger partial charge in [-0.15, -0.1) is 0 Å². The molecule has 1 aliphatic rings. The molecule has 1 heterocycles. The zero-order valence-corrected chi connectivity index (χ0v) is 19.1. The fraction of sp³-hybridized carbons (Fsp3) is 0.167. The van der Waals surface area contributed by atoms with Crippen molar-refractivity contribution in [3.8, 4) is 0 Å². The fourth-order valence-corrected chi connectivity index (χ4v) is 4.78. The number of sulfonamides is 1. The average molecular weight is 485 g/mol. The highest BCUT2D eigenvalue weighted by Crippen LogP contribution is 2.23. The van der Waals surface area contributed by atoms with Gasteiger partial charge in [0.2, 0.25) is 0 Å². The third-order valence-electron chi connectivity index (χ3n) is 5.33. The van der Waals surface area contributed by atoms with E-state index in [1.165, 1.54) is 42.0 Å². The summed E-state index contributed by atoms with van der Waals surface area (Å²) in [5.74, 6) is -1.10. The van der Waals surface area contributed by atoms with Crippen molar-refractivity contribution in [3.63, 3.8) is 0 Å². The van der Waals surface area contributed by atoms with Crippen molar-refractivity contribution in [2.45, 2.75) is 17.9 Å². The molecule has 0 spiro atoms. The Bertz CT molecular complexity index is 1290. The first-order chi connectivity index (χ1) is 15.8. The van der Waals surface area contributed by atoms with Gasteiger partial charge in [0.1, 0.15) is 0 Å². The minimum atomic E-state index is -3.95. The van der Waals surface area contributed by atoms with Gasteiger partial charge in [0.05, 0.1) is 16.1 Å². The molecule has 0 bridgehead atoms. The second-order valence-electron chi connectivity index (χ2n) is 7.52. The molecule has 3 aromatic rings. The molecule has 0 aromatic heterocycles. The summed E-state index contributed by atoms with van der Waals surface area (Å²) in [5, 5.41) is 0.403. The Morgan fingerprint density at radius 2 is 1.61 bits per heavy atom. The van der Waals surface area contributed by atoms with Crippen LogP contribution in [0, 0.1) is 0 Å². The molecule has 33 heavy (non-hydrogen) atoms. The van der Waals surface area contributed by atoms with Crippen LogP contribution in [0.15, 0.2) is 77.7 Å². The number of ether oxygens (including phenoxy) is 1. The van der Waals surface area contributed by atoms with Crippen LogP contribution < -0.4 is 4.72 Å². The first-order valence-corrected chi connectivity index (χ1v) is 12.1. The summed E-state index contributed by atoms with van der Waals surface area (Å²) >= 11 is 5.82. The number of fused-ring (bicyclic) bond motifs is 1. The Morgan fingerprint density at radius 3 is 2.36 bits per heavy atom. The zero-order chi connectivity index (χ0) is 23.4. The van der Waals surface area contributed by atoms with Crippen LogP contribution in [0.1, 0.15) is 21.5 Å². The molecule has 0 saturated carbocycles. The summed E-state index contributed by atoms with van der Waals surface area (Å²) in [5.41, 5.74) is 2.34. The second-order valence-corrected chi connectivity index (χ2v) is 9.63. The molecule has 170 valence electrons. The minimum Gasteiger partial charge on any atom is -0.452 e. The van der Waals surface area contributed by atoms with Gasteiger partial charge in [0.15, 0.2) is 6.61 Å². The van der Waals surface area contributed by atoms with E-state index in [1.807, 2.05) is 24.3 Å². The molecule has 1 N–H and O–H groups in total. The monoisotopic (exact) mass is 484 g/mol. The Labute approximate surface area is 197 Å². The number of nitrogens with one attached hydrogen (secondary N) is 1. The number of carbonyl (C=O) groups excluding carboxylic acids is 2. The topological polar surface area (TPSA) is 92.8 Å². The van der Waals surface area contributed by atoms with Gasteiger partial charge < -0.3 is 9.64 Å². The molecule has 0 atom stereocenters. The predicted molar refractivity (Wildman–Crippen MR) is 125 cm³/mol. The first-order valence-electron chi connectivity index (χ1n) is 10.2. The van der Waals surface area contributed by atoms with Gasteiger partial charge >= 0.3 is 5.97 Å². The molecule has 0 unspecified atom stereocenters. The van der Waals surface area contributed by atoms with Crippen LogP contribution in [0.3, 0.4) is 0 Å². The van der Waals surface area contributed by atoms with Crippen LogP contribution in [0.4, 0.5) is 5.69 Å². The molecular formula is C24H21ClN2O5S. The SMILES string of the molecule is O=C(OCC(=O)N1CCc2ccccc2C1)c1ccccc1NS(=O)(=O)c1ccc(Cl)cc1. The summed E-state index contributed by atoms with van der Waals surface area (Å²) in [4.78, 5) is 26.9. The Balaban J connectivity index is 1.42. The lowest BCUT2D eigenvalue weighted by molar-refractivity contribution is -0.135. The number of benzene rings is 3. The van der Waals surface area contributed by atoms with Crippen LogP contribution in [-0.2, 0) is 32.5 Å². The maximum absolute atomic E-state index is 12.7. The first kappa shape index (κ1) is 22.8. The molecule has 1 aliphatic heterocycles. The maximum atomic E-state index is 12.7. The average Bonchev–Trinajstić information content (AvgIpc) is 2.82. The Hall–Kier alpha value is -3.36. The van der Waals surface area contributed by atoms with E-state index in [0.29, 0.717) is 18.1 Å². The molecule has 9 heteroatoms. The molecule has 1 amide bonds. The number of halogens is 1. The molecule has 7 nitrogen and oxygen atoms in total. The number of amides is 1. The molecule has 4 rings (SSSR count). The summed E-state index contributed by atoms with van der Waals surface area (Å²) < 4.78 is 33.0. The third-order valence-corrected chi connectivity index (χ3v) is 6.96. The number of hydrogen-bond donors (Lipinski definition) is 1. The van der Waals surface area contributed by atoms with Crippen molar-refractivity contribution in [3.05, 3.63) is 94.5 Å². The van der Waals surface area contributed by atoms with E-state index in [1.54, 1.807) is 17.0 Å². The van der Waals surface area contributed by atoms with E-state index >= 15 is 0 Å². The number of rotatable bonds is 6. The van der Waals surface area contributed by atoms with Crippen molar-refractivity contribution in [2.75, 3.05) is 17.9 Å². The summed E-state index contributed by atoms with van der Waals surface area (Å²) in [6.07, 6.45) is 0.741. The summed E-state index contributed by atoms with van der Waals surface area (Å²) in [7, 11) is -3.95. The summed E-state index contributed by atoms with van der Waals surface area (Å²) in [6.45, 7) is 0.578. The predicted octanol–water partition coefficient (Wildman–Crippen LogP) is 3.88. The van der Waals surface area contributed by atoms with Gasteiger partial charge in [-0.2, -0.15) is 0 Å². The van der Waals surface area contributed by atoms with E-state index in [0.717, 1.165) is 12.0 Å². The van der Waals surface area contributed by atoms with E-state index in [4.69, 9.17) is 16.3 Å². The van der Waals surface area contributed by atoms with Gasteiger partial charge in [0.25, 0.3) is 15.9 Å². The molecular weight excluding hydrogens is 464 g/mol. The lowest BCUT2D eigenvalue weighted by Gasteiger charge is -2.28. The Morgan fingerprint density at radius 1 is 0.939 bits per heavy atom. The third kappa shape index (κ3) is 5.35. The van der Waals surface area contributed by atoms with Crippen molar-refractivity contribution in [2.24, 2.45) is 0 Å². The van der Waals surface area contributed by atoms with E-state index in [9.17, 15) is 18.0 Å². The van der Waals surface area contributed by atoms with Gasteiger partial charge in [-0.3, -0.25) is 9.52 Å². The summed E-state index contributed by atoms with van der Waals surface area (Å²) in [6, 6.07) is 19.6. The van der Waals surface area contributed by atoms with Crippen molar-refractivity contribution >= 4 is 39.2 Å². The molecule has 3 aromatic carbocycles. The fourth-order valence-electron chi connectivity index (χ4n) is 3.57. The zero-order valence-electron chi connectivity index (χ0n) is 17.5. The largest absolute Gasteiger partial charge is 0.452 e. The smallest absolute Gasteiger partial charge is 0.340 e. The van der Waals surface area contributed by atoms with Crippen LogP contribution in [0.25, 0.3) is 0 Å². The minimum absolute atomic E-state index is 0.00405. The number of esters is 1. The number of carbonyl (C=O) groups is 2. The number of para-hydroxylation sites is 1. The number of nitrogens with zero attached hydrogens (tertiary/aromatic N) is 1. The Kier molecular flexibility index (Phi) is 6.67. The highest BCUT2D eigenvalue weighted by Gasteiger charge is 2.23. The van der Waals surface area contributed by atoms with Crippen molar-refractivity contribution < 1.29 is 22.7 Å². The standard InChI is InChI=1S/C24H21ClN2O5S/c25-19-9-11-20(12-10-19)33(30,31)26-22-8-4-3-7-21(22)24(29)32-16-23(28)27-14-13-17-5-1-2-6-18(17)15-27/h1-12,26H,13-16H2. The van der Waals surface area contributed by atoms with E-state index in [-0.39, 0.29) is 22.1 Å². The molecule has 0 radical (unpaired) electrons.